The zero-order valence-electron chi connectivity index (χ0n) is 16.0. The van der Waals surface area contributed by atoms with E-state index in [2.05, 4.69) is 67.5 Å². The van der Waals surface area contributed by atoms with Crippen LogP contribution in [0, 0.1) is 0 Å². The van der Waals surface area contributed by atoms with Gasteiger partial charge in [0.2, 0.25) is 0 Å². The molecule has 26 heavy (non-hydrogen) atoms. The van der Waals surface area contributed by atoms with Gasteiger partial charge in [0, 0.05) is 18.0 Å². The van der Waals surface area contributed by atoms with Crippen molar-refractivity contribution in [2.45, 2.75) is 52.2 Å². The normalized spacial score (nSPS) is 20.2. The highest BCUT2D eigenvalue weighted by Gasteiger charge is 2.33. The molecule has 1 atom stereocenters. The Morgan fingerprint density at radius 1 is 1.19 bits per heavy atom. The van der Waals surface area contributed by atoms with Crippen molar-refractivity contribution >= 4 is 22.2 Å². The van der Waals surface area contributed by atoms with Crippen LogP contribution in [0.2, 0.25) is 0 Å². The lowest BCUT2D eigenvalue weighted by molar-refractivity contribution is 0.0934. The van der Waals surface area contributed by atoms with Gasteiger partial charge in [0.05, 0.1) is 5.56 Å². The molecule has 2 N–H and O–H groups in total. The Kier molecular flexibility index (Phi) is 4.32. The first kappa shape index (κ1) is 17.6. The zero-order valence-corrected chi connectivity index (χ0v) is 16.8. The van der Waals surface area contributed by atoms with E-state index in [0.717, 1.165) is 42.2 Å². The minimum Gasteiger partial charge on any atom is -0.353 e. The number of hydrogen-bond donors (Lipinski definition) is 2. The Bertz CT molecular complexity index is 832. The average Bonchev–Trinajstić information content (AvgIpc) is 2.98. The number of nitrogens with zero attached hydrogens (tertiary/aromatic N) is 1. The summed E-state index contributed by atoms with van der Waals surface area (Å²) in [5.74, 6) is 0.0612. The first-order chi connectivity index (χ1) is 12.4. The van der Waals surface area contributed by atoms with Crippen molar-refractivity contribution in [3.63, 3.8) is 0 Å². The molecule has 1 amide bonds. The SMILES string of the molecule is CCN1CCc2c(sc3c2C(=O)NC(c2ccc(C(C)(C)C)cc2)N3)C1. The smallest absolute Gasteiger partial charge is 0.256 e. The van der Waals surface area contributed by atoms with E-state index < -0.39 is 0 Å². The van der Waals surface area contributed by atoms with Crippen LogP contribution in [-0.2, 0) is 18.4 Å². The number of hydrogen-bond acceptors (Lipinski definition) is 4. The highest BCUT2D eigenvalue weighted by atomic mass is 32.1. The predicted octanol–water partition coefficient (Wildman–Crippen LogP) is 4.28. The number of carbonyl (C=O) groups excluding carboxylic acids is 1. The predicted molar refractivity (Wildman–Crippen MR) is 108 cm³/mol. The van der Waals surface area contributed by atoms with Gasteiger partial charge in [0.25, 0.3) is 5.91 Å². The third-order valence-electron chi connectivity index (χ3n) is 5.47. The van der Waals surface area contributed by atoms with Crippen molar-refractivity contribution in [1.82, 2.24) is 10.2 Å². The molecule has 0 spiro atoms. The number of rotatable bonds is 2. The second-order valence-electron chi connectivity index (χ2n) is 8.25. The zero-order chi connectivity index (χ0) is 18.5. The molecule has 4 rings (SSSR count). The van der Waals surface area contributed by atoms with Crippen molar-refractivity contribution in [3.05, 3.63) is 51.4 Å². The van der Waals surface area contributed by atoms with Gasteiger partial charge in [-0.1, -0.05) is 52.0 Å². The fraction of sp³-hybridized carbons (Fsp3) is 0.476. The van der Waals surface area contributed by atoms with Gasteiger partial charge in [0.1, 0.15) is 11.2 Å². The molecule has 2 aromatic rings. The average molecular weight is 370 g/mol. The molecule has 3 heterocycles. The monoisotopic (exact) mass is 369 g/mol. The minimum absolute atomic E-state index is 0.0612. The summed E-state index contributed by atoms with van der Waals surface area (Å²) in [5.41, 5.74) is 4.66. The molecular weight excluding hydrogens is 342 g/mol. The highest BCUT2D eigenvalue weighted by molar-refractivity contribution is 7.16. The summed E-state index contributed by atoms with van der Waals surface area (Å²) in [6.45, 7) is 11.9. The number of thiophene rings is 1. The standard InChI is InChI=1S/C21H27N3OS/c1-5-24-11-10-15-16(12-24)26-20-17(15)19(25)22-18(23-20)13-6-8-14(9-7-13)21(2,3)4/h6-9,18,23H,5,10-12H2,1-4H3,(H,22,25). The van der Waals surface area contributed by atoms with Crippen LogP contribution in [0.5, 0.6) is 0 Å². The molecule has 138 valence electrons. The van der Waals surface area contributed by atoms with Gasteiger partial charge in [0.15, 0.2) is 0 Å². The maximum absolute atomic E-state index is 12.8. The summed E-state index contributed by atoms with van der Waals surface area (Å²) in [6, 6.07) is 8.57. The van der Waals surface area contributed by atoms with E-state index in [1.54, 1.807) is 11.3 Å². The van der Waals surface area contributed by atoms with Gasteiger partial charge in [-0.05, 0) is 35.1 Å². The maximum atomic E-state index is 12.8. The second kappa shape index (κ2) is 6.39. The van der Waals surface area contributed by atoms with Crippen molar-refractivity contribution in [1.29, 1.82) is 0 Å². The number of likely N-dealkylation sites (N-methyl/N-ethyl adjacent to an activating group) is 1. The summed E-state index contributed by atoms with van der Waals surface area (Å²) < 4.78 is 0. The van der Waals surface area contributed by atoms with Crippen molar-refractivity contribution in [3.8, 4) is 0 Å². The summed E-state index contributed by atoms with van der Waals surface area (Å²) in [4.78, 5) is 16.6. The van der Waals surface area contributed by atoms with Crippen LogP contribution in [-0.4, -0.2) is 23.9 Å². The Morgan fingerprint density at radius 2 is 1.92 bits per heavy atom. The third-order valence-corrected chi connectivity index (χ3v) is 6.62. The molecule has 1 aromatic carbocycles. The molecular formula is C21H27N3OS. The van der Waals surface area contributed by atoms with E-state index in [1.807, 2.05) is 0 Å². The number of carbonyl (C=O) groups is 1. The number of anilines is 1. The maximum Gasteiger partial charge on any atom is 0.256 e. The Labute approximate surface area is 159 Å². The molecule has 0 saturated heterocycles. The van der Waals surface area contributed by atoms with Gasteiger partial charge >= 0.3 is 0 Å². The van der Waals surface area contributed by atoms with E-state index in [1.165, 1.54) is 16.0 Å². The molecule has 0 saturated carbocycles. The summed E-state index contributed by atoms with van der Waals surface area (Å²) in [7, 11) is 0. The Morgan fingerprint density at radius 3 is 2.58 bits per heavy atom. The minimum atomic E-state index is -0.161. The quantitative estimate of drug-likeness (QED) is 0.830. The van der Waals surface area contributed by atoms with Gasteiger partial charge in [-0.2, -0.15) is 0 Å². The van der Waals surface area contributed by atoms with E-state index in [9.17, 15) is 4.79 Å². The second-order valence-corrected chi connectivity index (χ2v) is 9.35. The molecule has 1 aromatic heterocycles. The van der Waals surface area contributed by atoms with Crippen LogP contribution in [0.25, 0.3) is 0 Å². The third kappa shape index (κ3) is 3.03. The lowest BCUT2D eigenvalue weighted by Gasteiger charge is -2.28. The van der Waals surface area contributed by atoms with Gasteiger partial charge < -0.3 is 10.6 Å². The lowest BCUT2D eigenvalue weighted by atomic mass is 9.86. The summed E-state index contributed by atoms with van der Waals surface area (Å²) >= 11 is 1.75. The van der Waals surface area contributed by atoms with Crippen LogP contribution < -0.4 is 10.6 Å². The van der Waals surface area contributed by atoms with Crippen LogP contribution in [0.1, 0.15) is 65.8 Å². The van der Waals surface area contributed by atoms with Crippen LogP contribution >= 0.6 is 11.3 Å². The van der Waals surface area contributed by atoms with Crippen LogP contribution in [0.15, 0.2) is 24.3 Å². The molecule has 0 bridgehead atoms. The molecule has 1 unspecified atom stereocenters. The topological polar surface area (TPSA) is 44.4 Å². The largest absolute Gasteiger partial charge is 0.353 e. The van der Waals surface area contributed by atoms with Gasteiger partial charge in [-0.3, -0.25) is 9.69 Å². The summed E-state index contributed by atoms with van der Waals surface area (Å²) in [6.07, 6.45) is 0.807. The lowest BCUT2D eigenvalue weighted by Crippen LogP contribution is -2.38. The highest BCUT2D eigenvalue weighted by Crippen LogP contribution is 2.40. The first-order valence-electron chi connectivity index (χ1n) is 9.41. The van der Waals surface area contributed by atoms with E-state index in [4.69, 9.17) is 0 Å². The Hall–Kier alpha value is -1.85. The first-order valence-corrected chi connectivity index (χ1v) is 10.2. The fourth-order valence-electron chi connectivity index (χ4n) is 3.78. The molecule has 0 aliphatic carbocycles. The number of benzene rings is 1. The van der Waals surface area contributed by atoms with E-state index in [0.29, 0.717) is 0 Å². The van der Waals surface area contributed by atoms with Crippen molar-refractivity contribution in [2.75, 3.05) is 18.4 Å². The summed E-state index contributed by atoms with van der Waals surface area (Å²) in [5, 5.41) is 7.74. The molecule has 2 aliphatic heterocycles. The van der Waals surface area contributed by atoms with Gasteiger partial charge in [-0.15, -0.1) is 11.3 Å². The molecule has 5 heteroatoms. The molecule has 2 aliphatic rings. The van der Waals surface area contributed by atoms with Gasteiger partial charge in [-0.25, -0.2) is 0 Å². The number of nitrogens with one attached hydrogen (secondary N) is 2. The van der Waals surface area contributed by atoms with Crippen LogP contribution in [0.3, 0.4) is 0 Å². The van der Waals surface area contributed by atoms with E-state index >= 15 is 0 Å². The molecule has 0 fully saturated rings. The fourth-order valence-corrected chi connectivity index (χ4v) is 5.10. The van der Waals surface area contributed by atoms with Crippen molar-refractivity contribution < 1.29 is 4.79 Å². The Balaban J connectivity index is 1.61. The molecule has 0 radical (unpaired) electrons. The number of fused-ring (bicyclic) bond motifs is 3. The van der Waals surface area contributed by atoms with E-state index in [-0.39, 0.29) is 17.5 Å². The van der Waals surface area contributed by atoms with Crippen LogP contribution in [0.4, 0.5) is 5.00 Å². The molecule has 4 nitrogen and oxygen atoms in total. The van der Waals surface area contributed by atoms with Crippen molar-refractivity contribution in [2.24, 2.45) is 0 Å². The number of amides is 1.